The lowest BCUT2D eigenvalue weighted by molar-refractivity contribution is -0.143. The summed E-state index contributed by atoms with van der Waals surface area (Å²) in [5.74, 6) is -1.27. The van der Waals surface area contributed by atoms with Crippen LogP contribution in [-0.2, 0) is 9.53 Å². The molecular formula is C22H20N2O4S. The summed E-state index contributed by atoms with van der Waals surface area (Å²) in [5.41, 5.74) is 1.40. The summed E-state index contributed by atoms with van der Waals surface area (Å²) in [6.07, 6.45) is 0. The fraction of sp³-hybridized carbons (Fsp3) is 0.136. The van der Waals surface area contributed by atoms with Gasteiger partial charge in [-0.3, -0.25) is 9.59 Å². The molecular weight excluding hydrogens is 388 g/mol. The van der Waals surface area contributed by atoms with Crippen LogP contribution in [0.15, 0.2) is 72.1 Å². The van der Waals surface area contributed by atoms with E-state index in [9.17, 15) is 14.4 Å². The van der Waals surface area contributed by atoms with Gasteiger partial charge in [-0.1, -0.05) is 30.3 Å². The van der Waals surface area contributed by atoms with E-state index in [4.69, 9.17) is 4.74 Å². The highest BCUT2D eigenvalue weighted by Crippen LogP contribution is 2.21. The summed E-state index contributed by atoms with van der Waals surface area (Å²) < 4.78 is 4.81. The van der Waals surface area contributed by atoms with Crippen LogP contribution >= 0.6 is 11.3 Å². The molecule has 7 heteroatoms. The second-order valence-corrected chi connectivity index (χ2v) is 7.20. The van der Waals surface area contributed by atoms with Crippen molar-refractivity contribution in [3.63, 3.8) is 0 Å². The number of anilines is 1. The highest BCUT2D eigenvalue weighted by molar-refractivity contribution is 7.10. The number of carbonyl (C=O) groups is 3. The summed E-state index contributed by atoms with van der Waals surface area (Å²) in [6.45, 7) is 0. The third-order valence-electron chi connectivity index (χ3n) is 4.36. The maximum absolute atomic E-state index is 12.8. The van der Waals surface area contributed by atoms with E-state index >= 15 is 0 Å². The molecule has 1 atom stereocenters. The van der Waals surface area contributed by atoms with Crippen LogP contribution in [0.4, 0.5) is 5.69 Å². The quantitative estimate of drug-likeness (QED) is 0.632. The molecule has 1 N–H and O–H groups in total. The van der Waals surface area contributed by atoms with Gasteiger partial charge >= 0.3 is 5.97 Å². The van der Waals surface area contributed by atoms with Crippen LogP contribution < -0.4 is 10.2 Å². The maximum atomic E-state index is 12.8. The Labute approximate surface area is 172 Å². The first kappa shape index (κ1) is 20.3. The Morgan fingerprint density at radius 1 is 0.966 bits per heavy atom. The first-order valence-corrected chi connectivity index (χ1v) is 9.74. The van der Waals surface area contributed by atoms with Crippen LogP contribution in [0.5, 0.6) is 0 Å². The Hall–Kier alpha value is -3.45. The van der Waals surface area contributed by atoms with Crippen LogP contribution in [0, 0.1) is 0 Å². The van der Waals surface area contributed by atoms with Crippen molar-refractivity contribution in [1.82, 2.24) is 5.32 Å². The van der Waals surface area contributed by atoms with E-state index in [1.807, 2.05) is 35.7 Å². The lowest BCUT2D eigenvalue weighted by atomic mass is 10.1. The van der Waals surface area contributed by atoms with Gasteiger partial charge in [-0.15, -0.1) is 11.3 Å². The third kappa shape index (κ3) is 4.70. The van der Waals surface area contributed by atoms with E-state index in [1.54, 1.807) is 37.4 Å². The van der Waals surface area contributed by atoms with Crippen molar-refractivity contribution in [2.45, 2.75) is 6.04 Å². The van der Waals surface area contributed by atoms with Gasteiger partial charge < -0.3 is 15.0 Å². The number of nitrogens with zero attached hydrogens (tertiary/aromatic N) is 1. The van der Waals surface area contributed by atoms with Gasteiger partial charge in [-0.05, 0) is 41.8 Å². The standard InChI is InChI=1S/C22H20N2O4S/c1-24(17-10-4-3-5-11-17)21(26)16-9-6-8-15(14-16)20(25)23-19(22(27)28-2)18-12-7-13-29-18/h3-14,19H,1-2H3,(H,23,25). The van der Waals surface area contributed by atoms with Crippen molar-refractivity contribution in [1.29, 1.82) is 0 Å². The Bertz CT molecular complexity index is 1000. The van der Waals surface area contributed by atoms with Crippen LogP contribution in [-0.4, -0.2) is 31.9 Å². The molecule has 0 fully saturated rings. The molecule has 1 unspecified atom stereocenters. The van der Waals surface area contributed by atoms with Crippen molar-refractivity contribution in [3.05, 3.63) is 88.1 Å². The molecule has 148 valence electrons. The van der Waals surface area contributed by atoms with Crippen LogP contribution in [0.1, 0.15) is 31.6 Å². The number of hydrogen-bond acceptors (Lipinski definition) is 5. The highest BCUT2D eigenvalue weighted by Gasteiger charge is 2.25. The normalized spacial score (nSPS) is 11.4. The number of methoxy groups -OCH3 is 1. The van der Waals surface area contributed by atoms with Gasteiger partial charge in [-0.2, -0.15) is 0 Å². The molecule has 0 spiro atoms. The zero-order valence-corrected chi connectivity index (χ0v) is 16.8. The summed E-state index contributed by atoms with van der Waals surface area (Å²) in [5, 5.41) is 4.50. The number of esters is 1. The molecule has 0 aliphatic heterocycles. The van der Waals surface area contributed by atoms with Gasteiger partial charge in [0.05, 0.1) is 7.11 Å². The first-order valence-electron chi connectivity index (χ1n) is 8.86. The summed E-state index contributed by atoms with van der Waals surface area (Å²) in [7, 11) is 2.95. The number of nitrogens with one attached hydrogen (secondary N) is 1. The van der Waals surface area contributed by atoms with Crippen LogP contribution in [0.25, 0.3) is 0 Å². The second kappa shape index (κ2) is 9.16. The second-order valence-electron chi connectivity index (χ2n) is 6.23. The Kier molecular flexibility index (Phi) is 6.41. The van der Waals surface area contributed by atoms with Crippen molar-refractivity contribution < 1.29 is 19.1 Å². The molecule has 3 rings (SSSR count). The van der Waals surface area contributed by atoms with E-state index in [-0.39, 0.29) is 11.5 Å². The van der Waals surface area contributed by atoms with Crippen molar-refractivity contribution >= 4 is 34.8 Å². The predicted octanol–water partition coefficient (Wildman–Crippen LogP) is 3.67. The number of amides is 2. The first-order chi connectivity index (χ1) is 14.0. The minimum atomic E-state index is -0.904. The fourth-order valence-corrected chi connectivity index (χ4v) is 3.55. The minimum Gasteiger partial charge on any atom is -0.467 e. The number of ether oxygens (including phenoxy) is 1. The molecule has 0 aliphatic carbocycles. The summed E-state index contributed by atoms with van der Waals surface area (Å²) >= 11 is 1.35. The minimum absolute atomic E-state index is 0.242. The Morgan fingerprint density at radius 3 is 2.34 bits per heavy atom. The molecule has 6 nitrogen and oxygen atoms in total. The highest BCUT2D eigenvalue weighted by atomic mass is 32.1. The van der Waals surface area contributed by atoms with E-state index in [0.717, 1.165) is 5.69 Å². The van der Waals surface area contributed by atoms with Crippen molar-refractivity contribution in [2.75, 3.05) is 19.1 Å². The lowest BCUT2D eigenvalue weighted by Gasteiger charge is -2.18. The monoisotopic (exact) mass is 408 g/mol. The van der Waals surface area contributed by atoms with Gasteiger partial charge in [0.25, 0.3) is 11.8 Å². The van der Waals surface area contributed by atoms with Gasteiger partial charge in [0, 0.05) is 28.7 Å². The third-order valence-corrected chi connectivity index (χ3v) is 5.30. The van der Waals surface area contributed by atoms with Gasteiger partial charge in [0.1, 0.15) is 0 Å². The molecule has 1 aromatic heterocycles. The number of hydrogen-bond donors (Lipinski definition) is 1. The molecule has 0 aliphatic rings. The van der Waals surface area contributed by atoms with E-state index < -0.39 is 17.9 Å². The van der Waals surface area contributed by atoms with E-state index in [1.165, 1.54) is 29.4 Å². The molecule has 0 saturated carbocycles. The van der Waals surface area contributed by atoms with E-state index in [2.05, 4.69) is 5.32 Å². The molecule has 29 heavy (non-hydrogen) atoms. The molecule has 2 aromatic carbocycles. The predicted molar refractivity (Wildman–Crippen MR) is 112 cm³/mol. The maximum Gasteiger partial charge on any atom is 0.333 e. The largest absolute Gasteiger partial charge is 0.467 e. The molecule has 3 aromatic rings. The summed E-state index contributed by atoms with van der Waals surface area (Å²) in [6, 6.07) is 18.3. The molecule has 0 bridgehead atoms. The van der Waals surface area contributed by atoms with Crippen LogP contribution in [0.2, 0.25) is 0 Å². The molecule has 1 heterocycles. The van der Waals surface area contributed by atoms with Crippen molar-refractivity contribution in [2.24, 2.45) is 0 Å². The van der Waals surface area contributed by atoms with Gasteiger partial charge in [-0.25, -0.2) is 4.79 Å². The Balaban J connectivity index is 1.80. The van der Waals surface area contributed by atoms with Gasteiger partial charge in [0.15, 0.2) is 6.04 Å². The number of benzene rings is 2. The van der Waals surface area contributed by atoms with Crippen molar-refractivity contribution in [3.8, 4) is 0 Å². The average molecular weight is 408 g/mol. The number of para-hydroxylation sites is 1. The van der Waals surface area contributed by atoms with Crippen LogP contribution in [0.3, 0.4) is 0 Å². The number of carbonyl (C=O) groups excluding carboxylic acids is 3. The number of thiophene rings is 1. The average Bonchev–Trinajstić information content (AvgIpc) is 3.31. The Morgan fingerprint density at radius 2 is 1.69 bits per heavy atom. The summed E-state index contributed by atoms with van der Waals surface area (Å²) in [4.78, 5) is 39.8. The van der Waals surface area contributed by atoms with Gasteiger partial charge in [0.2, 0.25) is 0 Å². The smallest absolute Gasteiger partial charge is 0.333 e. The van der Waals surface area contributed by atoms with E-state index in [0.29, 0.717) is 10.4 Å². The lowest BCUT2D eigenvalue weighted by Crippen LogP contribution is -2.34. The SMILES string of the molecule is COC(=O)C(NC(=O)c1cccc(C(=O)N(C)c2ccccc2)c1)c1cccs1. The zero-order chi connectivity index (χ0) is 20.8. The fourth-order valence-electron chi connectivity index (χ4n) is 2.79. The molecule has 0 saturated heterocycles. The molecule has 2 amide bonds. The zero-order valence-electron chi connectivity index (χ0n) is 16.0. The number of rotatable bonds is 6. The molecule has 0 radical (unpaired) electrons. The topological polar surface area (TPSA) is 75.7 Å².